The number of rotatable bonds is 6. The van der Waals surface area contributed by atoms with E-state index in [2.05, 4.69) is 20.2 Å². The molecule has 4 N–H and O–H groups in total. The summed E-state index contributed by atoms with van der Waals surface area (Å²) in [4.78, 5) is 8.48. The van der Waals surface area contributed by atoms with Gasteiger partial charge in [0.15, 0.2) is 0 Å². The first-order valence-corrected chi connectivity index (χ1v) is 14.5. The van der Waals surface area contributed by atoms with E-state index in [9.17, 15) is 20.4 Å². The minimum Gasteiger partial charge on any atom is -0.506 e. The number of aromatic nitrogens is 4. The quantitative estimate of drug-likeness (QED) is 0.137. The zero-order valence-electron chi connectivity index (χ0n) is 26.2. The van der Waals surface area contributed by atoms with Crippen LogP contribution < -0.4 is 0 Å². The normalized spacial score (nSPS) is 11.0. The molecular formula is C36H34CoN6O4. The average molecular weight is 674 g/mol. The fourth-order valence-electron chi connectivity index (χ4n) is 4.71. The number of aromatic hydroxyl groups is 4. The molecule has 0 bridgehead atoms. The zero-order chi connectivity index (χ0) is 32.8. The first-order valence-electron chi connectivity index (χ1n) is 14.5. The van der Waals surface area contributed by atoms with E-state index in [1.54, 1.807) is 62.4 Å². The number of aliphatic imine (C=N–C) groups is 2. The topological polar surface area (TPSA) is 141 Å². The standard InChI is InChI=1S/2C18H17N3O2.Co/c2*1-12-7-3-5-9-16(12)21-18(23)14(13(2)20-21)11-19-15-8-4-6-10-17(15)22;/h2*3-11,22-23H,1-2H3;. The van der Waals surface area contributed by atoms with Crippen molar-refractivity contribution in [3.05, 3.63) is 131 Å². The molecule has 0 unspecified atom stereocenters. The van der Waals surface area contributed by atoms with Gasteiger partial charge in [-0.1, -0.05) is 60.7 Å². The molecule has 10 nitrogen and oxygen atoms in total. The Labute approximate surface area is 282 Å². The average Bonchev–Trinajstić information content (AvgIpc) is 3.49. The van der Waals surface area contributed by atoms with Crippen molar-refractivity contribution in [3.63, 3.8) is 0 Å². The SMILES string of the molecule is Cc1ccccc1-n1nc(C)c(C=Nc2ccccc2O)c1O.Cc1ccccc1-n1nc(C)c(C=Nc2ccccc2O)c1O.[Co]. The summed E-state index contributed by atoms with van der Waals surface area (Å²) >= 11 is 0. The summed E-state index contributed by atoms with van der Waals surface area (Å²) < 4.78 is 2.99. The van der Waals surface area contributed by atoms with Crippen molar-refractivity contribution in [1.29, 1.82) is 0 Å². The van der Waals surface area contributed by atoms with Gasteiger partial charge >= 0.3 is 0 Å². The van der Waals surface area contributed by atoms with Gasteiger partial charge in [-0.25, -0.2) is 9.36 Å². The van der Waals surface area contributed by atoms with Crippen LogP contribution in [0.1, 0.15) is 33.6 Å². The summed E-state index contributed by atoms with van der Waals surface area (Å²) in [6, 6.07) is 28.9. The van der Waals surface area contributed by atoms with Crippen molar-refractivity contribution >= 4 is 23.8 Å². The largest absolute Gasteiger partial charge is 0.506 e. The van der Waals surface area contributed by atoms with E-state index >= 15 is 0 Å². The van der Waals surface area contributed by atoms with Crippen molar-refractivity contribution in [2.24, 2.45) is 9.98 Å². The number of phenols is 2. The van der Waals surface area contributed by atoms with Crippen LogP contribution in [0.15, 0.2) is 107 Å². The van der Waals surface area contributed by atoms with Gasteiger partial charge in [0.25, 0.3) is 0 Å². The van der Waals surface area contributed by atoms with Crippen LogP contribution in [-0.4, -0.2) is 52.4 Å². The third-order valence-electron chi connectivity index (χ3n) is 7.28. The summed E-state index contributed by atoms with van der Waals surface area (Å²) in [6.45, 7) is 7.53. The van der Waals surface area contributed by atoms with E-state index in [1.165, 1.54) is 21.8 Å². The van der Waals surface area contributed by atoms with Crippen LogP contribution in [0.25, 0.3) is 11.4 Å². The monoisotopic (exact) mass is 673 g/mol. The Bertz CT molecular complexity index is 1920. The number of phenolic OH excluding ortho intramolecular Hbond substituents is 2. The molecular weight excluding hydrogens is 639 g/mol. The van der Waals surface area contributed by atoms with Gasteiger partial charge in [-0.05, 0) is 75.2 Å². The van der Waals surface area contributed by atoms with Crippen LogP contribution in [0.4, 0.5) is 11.4 Å². The van der Waals surface area contributed by atoms with Crippen molar-refractivity contribution < 1.29 is 37.2 Å². The van der Waals surface area contributed by atoms with Crippen LogP contribution in [0.2, 0.25) is 0 Å². The van der Waals surface area contributed by atoms with Gasteiger partial charge in [-0.15, -0.1) is 0 Å². The summed E-state index contributed by atoms with van der Waals surface area (Å²) in [6.07, 6.45) is 3.03. The fraction of sp³-hybridized carbons (Fsp3) is 0.111. The zero-order valence-corrected chi connectivity index (χ0v) is 27.2. The Kier molecular flexibility index (Phi) is 11.0. The Morgan fingerprint density at radius 1 is 0.511 bits per heavy atom. The smallest absolute Gasteiger partial charge is 0.223 e. The maximum absolute atomic E-state index is 10.5. The molecule has 0 saturated heterocycles. The van der Waals surface area contributed by atoms with E-state index in [0.29, 0.717) is 33.9 Å². The molecule has 2 aromatic heterocycles. The van der Waals surface area contributed by atoms with Gasteiger partial charge < -0.3 is 20.4 Å². The minimum absolute atomic E-state index is 0. The number of hydrogen-bond acceptors (Lipinski definition) is 8. The molecule has 0 fully saturated rings. The van der Waals surface area contributed by atoms with E-state index in [0.717, 1.165) is 22.5 Å². The molecule has 0 aliphatic rings. The molecule has 0 aliphatic heterocycles. The summed E-state index contributed by atoms with van der Waals surface area (Å²) in [5.41, 5.74) is 6.89. The Balaban J connectivity index is 0.000000208. The molecule has 1 radical (unpaired) electrons. The second-order valence-electron chi connectivity index (χ2n) is 10.5. The van der Waals surface area contributed by atoms with Crippen LogP contribution in [0.3, 0.4) is 0 Å². The van der Waals surface area contributed by atoms with Crippen LogP contribution >= 0.6 is 0 Å². The van der Waals surface area contributed by atoms with E-state index < -0.39 is 0 Å². The van der Waals surface area contributed by atoms with Crippen molar-refractivity contribution in [2.45, 2.75) is 27.7 Å². The molecule has 0 atom stereocenters. The molecule has 47 heavy (non-hydrogen) atoms. The number of aryl methyl sites for hydroxylation is 4. The molecule has 0 aliphatic carbocycles. The van der Waals surface area contributed by atoms with Gasteiger partial charge in [-0.3, -0.25) is 9.98 Å². The molecule has 11 heteroatoms. The predicted molar refractivity (Wildman–Crippen MR) is 180 cm³/mol. The van der Waals surface area contributed by atoms with E-state index in [1.807, 2.05) is 62.4 Å². The molecule has 0 saturated carbocycles. The van der Waals surface area contributed by atoms with E-state index in [4.69, 9.17) is 0 Å². The number of benzene rings is 4. The molecule has 0 amide bonds. The third kappa shape index (κ3) is 7.60. The number of hydrogen-bond donors (Lipinski definition) is 4. The summed E-state index contributed by atoms with van der Waals surface area (Å²) in [5, 5.41) is 49.2. The summed E-state index contributed by atoms with van der Waals surface area (Å²) in [7, 11) is 0. The van der Waals surface area contributed by atoms with Gasteiger partial charge in [0.05, 0.1) is 33.9 Å². The Morgan fingerprint density at radius 3 is 1.21 bits per heavy atom. The Hall–Kier alpha value is -5.65. The van der Waals surface area contributed by atoms with E-state index in [-0.39, 0.29) is 40.0 Å². The molecule has 6 aromatic rings. The molecule has 0 spiro atoms. The van der Waals surface area contributed by atoms with Crippen molar-refractivity contribution in [1.82, 2.24) is 19.6 Å². The number of nitrogens with zero attached hydrogens (tertiary/aromatic N) is 6. The fourth-order valence-corrected chi connectivity index (χ4v) is 4.71. The number of para-hydroxylation sites is 6. The van der Waals surface area contributed by atoms with Crippen LogP contribution in [0, 0.1) is 27.7 Å². The van der Waals surface area contributed by atoms with Gasteiger partial charge in [0.1, 0.15) is 22.9 Å². The second-order valence-corrected chi connectivity index (χ2v) is 10.5. The first-order chi connectivity index (χ1) is 22.2. The summed E-state index contributed by atoms with van der Waals surface area (Å²) in [5.74, 6) is 0.228. The molecule has 6 rings (SSSR count). The molecule has 2 heterocycles. The Morgan fingerprint density at radius 2 is 0.851 bits per heavy atom. The molecule has 4 aromatic carbocycles. The van der Waals surface area contributed by atoms with Crippen molar-refractivity contribution in [3.8, 4) is 34.6 Å². The second kappa shape index (κ2) is 15.1. The van der Waals surface area contributed by atoms with Gasteiger partial charge in [-0.2, -0.15) is 10.2 Å². The maximum Gasteiger partial charge on any atom is 0.223 e. The van der Waals surface area contributed by atoms with Crippen molar-refractivity contribution in [2.75, 3.05) is 0 Å². The first kappa shape index (κ1) is 34.2. The maximum atomic E-state index is 10.5. The minimum atomic E-state index is 0. The van der Waals surface area contributed by atoms with Gasteiger partial charge in [0, 0.05) is 29.2 Å². The van der Waals surface area contributed by atoms with Gasteiger partial charge in [0.2, 0.25) is 11.8 Å². The third-order valence-corrected chi connectivity index (χ3v) is 7.28. The van der Waals surface area contributed by atoms with Crippen LogP contribution in [-0.2, 0) is 16.8 Å². The molecule has 241 valence electrons. The predicted octanol–water partition coefficient (Wildman–Crippen LogP) is 7.30. The van der Waals surface area contributed by atoms with Crippen LogP contribution in [0.5, 0.6) is 23.3 Å².